The van der Waals surface area contributed by atoms with E-state index in [9.17, 15) is 0 Å². The normalized spacial score (nSPS) is 12.6. The van der Waals surface area contributed by atoms with Crippen molar-refractivity contribution in [1.82, 2.24) is 14.8 Å². The molecule has 0 aliphatic carbocycles. The maximum absolute atomic E-state index is 5.95. The third-order valence-electron chi connectivity index (χ3n) is 3.15. The van der Waals surface area contributed by atoms with Crippen LogP contribution in [0.3, 0.4) is 0 Å². The smallest absolute Gasteiger partial charge is 0.150 e. The van der Waals surface area contributed by atoms with Crippen molar-refractivity contribution in [3.63, 3.8) is 0 Å². The lowest BCUT2D eigenvalue weighted by Gasteiger charge is -2.17. The molecule has 1 unspecified atom stereocenters. The lowest BCUT2D eigenvalue weighted by atomic mass is 10.1. The van der Waals surface area contributed by atoms with Crippen molar-refractivity contribution >= 4 is 15.9 Å². The average molecular weight is 323 g/mol. The van der Waals surface area contributed by atoms with E-state index in [1.165, 1.54) is 0 Å². The molecule has 0 aliphatic rings. The van der Waals surface area contributed by atoms with E-state index in [1.54, 1.807) is 0 Å². The summed E-state index contributed by atoms with van der Waals surface area (Å²) in [6.07, 6.45) is 1.71. The van der Waals surface area contributed by atoms with Crippen LogP contribution in [-0.2, 0) is 12.8 Å². The van der Waals surface area contributed by atoms with Gasteiger partial charge in [0.05, 0.1) is 6.04 Å². The van der Waals surface area contributed by atoms with Gasteiger partial charge in [-0.1, -0.05) is 41.9 Å². The molecule has 0 amide bonds. The lowest BCUT2D eigenvalue weighted by molar-refractivity contribution is 0.505. The van der Waals surface area contributed by atoms with Crippen LogP contribution >= 0.6 is 15.9 Å². The monoisotopic (exact) mass is 322 g/mol. The first kappa shape index (κ1) is 14.2. The van der Waals surface area contributed by atoms with Gasteiger partial charge in [-0.15, -0.1) is 0 Å². The molecule has 0 fully saturated rings. The SMILES string of the molecule is CCc1nc(CC)n(C(CN)c2ccc(Br)cc2)n1. The zero-order chi connectivity index (χ0) is 13.8. The fourth-order valence-electron chi connectivity index (χ4n) is 2.11. The van der Waals surface area contributed by atoms with Crippen molar-refractivity contribution < 1.29 is 0 Å². The Hall–Kier alpha value is -1.20. The molecule has 1 aromatic heterocycles. The topological polar surface area (TPSA) is 56.7 Å². The van der Waals surface area contributed by atoms with Crippen LogP contribution in [0.15, 0.2) is 28.7 Å². The number of aryl methyl sites for hydroxylation is 2. The Morgan fingerprint density at radius 1 is 1.21 bits per heavy atom. The molecular weight excluding hydrogens is 304 g/mol. The fraction of sp³-hybridized carbons (Fsp3) is 0.429. The second kappa shape index (κ2) is 6.30. The van der Waals surface area contributed by atoms with Crippen LogP contribution in [0.1, 0.15) is 37.1 Å². The summed E-state index contributed by atoms with van der Waals surface area (Å²) in [6.45, 7) is 4.67. The molecule has 2 aromatic rings. The highest BCUT2D eigenvalue weighted by molar-refractivity contribution is 9.10. The molecular formula is C14H19BrN4. The Labute approximate surface area is 122 Å². The summed E-state index contributed by atoms with van der Waals surface area (Å²) in [5, 5.41) is 4.58. The van der Waals surface area contributed by atoms with Crippen LogP contribution in [0.5, 0.6) is 0 Å². The zero-order valence-electron chi connectivity index (χ0n) is 11.3. The van der Waals surface area contributed by atoms with E-state index >= 15 is 0 Å². The maximum atomic E-state index is 5.95. The van der Waals surface area contributed by atoms with Crippen molar-refractivity contribution in [2.75, 3.05) is 6.54 Å². The highest BCUT2D eigenvalue weighted by Gasteiger charge is 2.17. The number of aromatic nitrogens is 3. The molecule has 1 heterocycles. The molecule has 2 rings (SSSR count). The molecule has 0 radical (unpaired) electrons. The number of nitrogens with two attached hydrogens (primary N) is 1. The van der Waals surface area contributed by atoms with E-state index in [1.807, 2.05) is 16.8 Å². The molecule has 0 saturated carbocycles. The van der Waals surface area contributed by atoms with Gasteiger partial charge in [-0.3, -0.25) is 0 Å². The Morgan fingerprint density at radius 3 is 2.42 bits per heavy atom. The van der Waals surface area contributed by atoms with E-state index in [0.717, 1.165) is 34.5 Å². The lowest BCUT2D eigenvalue weighted by Crippen LogP contribution is -2.23. The minimum Gasteiger partial charge on any atom is -0.328 e. The predicted octanol–water partition coefficient (Wildman–Crippen LogP) is 2.71. The zero-order valence-corrected chi connectivity index (χ0v) is 12.9. The minimum atomic E-state index is 0.0517. The second-order valence-electron chi connectivity index (χ2n) is 4.40. The van der Waals surface area contributed by atoms with E-state index in [0.29, 0.717) is 6.54 Å². The number of nitrogens with zero attached hydrogens (tertiary/aromatic N) is 3. The fourth-order valence-corrected chi connectivity index (χ4v) is 2.37. The Morgan fingerprint density at radius 2 is 1.89 bits per heavy atom. The van der Waals surface area contributed by atoms with E-state index in [4.69, 9.17) is 5.73 Å². The first-order valence-corrected chi connectivity index (χ1v) is 7.38. The first-order chi connectivity index (χ1) is 9.19. The van der Waals surface area contributed by atoms with Gasteiger partial charge in [0.2, 0.25) is 0 Å². The van der Waals surface area contributed by atoms with Crippen LogP contribution in [0.4, 0.5) is 0 Å². The van der Waals surface area contributed by atoms with E-state index in [-0.39, 0.29) is 6.04 Å². The Balaban J connectivity index is 2.41. The molecule has 0 aliphatic heterocycles. The van der Waals surface area contributed by atoms with Gasteiger partial charge in [-0.25, -0.2) is 9.67 Å². The largest absolute Gasteiger partial charge is 0.328 e. The molecule has 19 heavy (non-hydrogen) atoms. The Kier molecular flexibility index (Phi) is 4.71. The van der Waals surface area contributed by atoms with Gasteiger partial charge in [0.15, 0.2) is 5.82 Å². The average Bonchev–Trinajstić information content (AvgIpc) is 2.85. The summed E-state index contributed by atoms with van der Waals surface area (Å²) in [4.78, 5) is 4.55. The molecule has 102 valence electrons. The van der Waals surface area contributed by atoms with Crippen molar-refractivity contribution in [1.29, 1.82) is 0 Å². The van der Waals surface area contributed by atoms with Gasteiger partial charge >= 0.3 is 0 Å². The second-order valence-corrected chi connectivity index (χ2v) is 5.31. The molecule has 1 atom stereocenters. The molecule has 0 bridgehead atoms. The van der Waals surface area contributed by atoms with Gasteiger partial charge in [0, 0.05) is 23.9 Å². The molecule has 5 heteroatoms. The maximum Gasteiger partial charge on any atom is 0.150 e. The van der Waals surface area contributed by atoms with E-state index in [2.05, 4.69) is 52.0 Å². The number of halogens is 1. The van der Waals surface area contributed by atoms with Gasteiger partial charge in [-0.05, 0) is 17.7 Å². The highest BCUT2D eigenvalue weighted by Crippen LogP contribution is 2.21. The van der Waals surface area contributed by atoms with Crippen molar-refractivity contribution in [2.24, 2.45) is 5.73 Å². The predicted molar refractivity (Wildman–Crippen MR) is 80.1 cm³/mol. The van der Waals surface area contributed by atoms with Gasteiger partial charge in [0.1, 0.15) is 5.82 Å². The van der Waals surface area contributed by atoms with Crippen LogP contribution in [-0.4, -0.2) is 21.3 Å². The van der Waals surface area contributed by atoms with Crippen molar-refractivity contribution in [3.8, 4) is 0 Å². The third-order valence-corrected chi connectivity index (χ3v) is 3.68. The van der Waals surface area contributed by atoms with Crippen molar-refractivity contribution in [2.45, 2.75) is 32.7 Å². The first-order valence-electron chi connectivity index (χ1n) is 6.59. The molecule has 2 N–H and O–H groups in total. The van der Waals surface area contributed by atoms with Gasteiger partial charge in [-0.2, -0.15) is 5.10 Å². The summed E-state index contributed by atoms with van der Waals surface area (Å²) < 4.78 is 3.04. The standard InChI is InChI=1S/C14H19BrN4/c1-3-13-17-14(4-2)19(18-13)12(9-16)10-5-7-11(15)8-6-10/h5-8,12H,3-4,9,16H2,1-2H3. The summed E-state index contributed by atoms with van der Waals surface area (Å²) in [5.41, 5.74) is 7.11. The van der Waals surface area contributed by atoms with E-state index < -0.39 is 0 Å². The number of hydrogen-bond acceptors (Lipinski definition) is 3. The third kappa shape index (κ3) is 3.04. The van der Waals surface area contributed by atoms with Crippen LogP contribution in [0.25, 0.3) is 0 Å². The summed E-state index contributed by atoms with van der Waals surface area (Å²) >= 11 is 3.45. The molecule has 4 nitrogen and oxygen atoms in total. The van der Waals surface area contributed by atoms with Gasteiger partial charge in [0.25, 0.3) is 0 Å². The van der Waals surface area contributed by atoms with Gasteiger partial charge < -0.3 is 5.73 Å². The molecule has 1 aromatic carbocycles. The summed E-state index contributed by atoms with van der Waals surface area (Å²) in [6, 6.07) is 8.27. The highest BCUT2D eigenvalue weighted by atomic mass is 79.9. The number of rotatable bonds is 5. The minimum absolute atomic E-state index is 0.0517. The number of benzene rings is 1. The summed E-state index contributed by atoms with van der Waals surface area (Å²) in [7, 11) is 0. The number of hydrogen-bond donors (Lipinski definition) is 1. The Bertz CT molecular complexity index is 533. The van der Waals surface area contributed by atoms with Crippen LogP contribution in [0, 0.1) is 0 Å². The molecule has 0 saturated heterocycles. The summed E-state index contributed by atoms with van der Waals surface area (Å²) in [5.74, 6) is 1.88. The quantitative estimate of drug-likeness (QED) is 0.920. The van der Waals surface area contributed by atoms with Crippen LogP contribution in [0.2, 0.25) is 0 Å². The van der Waals surface area contributed by atoms with Crippen molar-refractivity contribution in [3.05, 3.63) is 46.0 Å². The van der Waals surface area contributed by atoms with Crippen LogP contribution < -0.4 is 5.73 Å². The molecule has 0 spiro atoms.